The van der Waals surface area contributed by atoms with Gasteiger partial charge in [-0.25, -0.2) is 4.39 Å². The first-order valence-corrected chi connectivity index (χ1v) is 6.97. The fraction of sp³-hybridized carbons (Fsp3) is 0.333. The lowest BCUT2D eigenvalue weighted by Crippen LogP contribution is -1.98. The van der Waals surface area contributed by atoms with Gasteiger partial charge in [-0.2, -0.15) is 0 Å². The quantitative estimate of drug-likeness (QED) is 0.716. The Morgan fingerprint density at radius 3 is 2.18 bits per heavy atom. The number of rotatable bonds is 6. The van der Waals surface area contributed by atoms with Crippen LogP contribution >= 0.6 is 7.60 Å². The van der Waals surface area contributed by atoms with Crippen molar-refractivity contribution in [3.05, 3.63) is 42.2 Å². The van der Waals surface area contributed by atoms with Crippen molar-refractivity contribution in [3.8, 4) is 0 Å². The summed E-state index contributed by atoms with van der Waals surface area (Å²) in [6.45, 7) is 3.77. The topological polar surface area (TPSA) is 35.5 Å². The minimum atomic E-state index is -3.57. The van der Waals surface area contributed by atoms with E-state index in [1.807, 2.05) is 0 Å². The molecule has 5 heteroatoms. The van der Waals surface area contributed by atoms with E-state index >= 15 is 0 Å². The summed E-state index contributed by atoms with van der Waals surface area (Å²) in [5.41, 5.74) is 0.500. The standard InChI is InChI=1S/C12H16FO3P/c1-3-15-17(14,16-4-2)12(10-13)11-8-6-5-7-9-11/h5-10H,3-4H2,1-2H3/b12-10-. The first kappa shape index (κ1) is 14.1. The van der Waals surface area contributed by atoms with Crippen LogP contribution in [0, 0.1) is 0 Å². The summed E-state index contributed by atoms with van der Waals surface area (Å²) in [5, 5.41) is -0.0400. The molecule has 1 aromatic carbocycles. The van der Waals surface area contributed by atoms with Crippen molar-refractivity contribution in [3.63, 3.8) is 0 Å². The molecule has 0 unspecified atom stereocenters. The summed E-state index contributed by atoms with van der Waals surface area (Å²) in [4.78, 5) is 0. The molecule has 0 spiro atoms. The van der Waals surface area contributed by atoms with Gasteiger partial charge in [0.15, 0.2) is 0 Å². The minimum Gasteiger partial charge on any atom is -0.305 e. The summed E-state index contributed by atoms with van der Waals surface area (Å²) in [7, 11) is -3.57. The molecule has 0 N–H and O–H groups in total. The molecular weight excluding hydrogens is 242 g/mol. The van der Waals surface area contributed by atoms with Crippen LogP contribution in [0.25, 0.3) is 5.31 Å². The van der Waals surface area contributed by atoms with Crippen LogP contribution in [-0.4, -0.2) is 13.2 Å². The van der Waals surface area contributed by atoms with Gasteiger partial charge in [0.25, 0.3) is 0 Å². The van der Waals surface area contributed by atoms with Gasteiger partial charge in [0.05, 0.1) is 18.5 Å². The third-order valence-corrected chi connectivity index (χ3v) is 4.21. The van der Waals surface area contributed by atoms with E-state index in [4.69, 9.17) is 9.05 Å². The second-order valence-electron chi connectivity index (χ2n) is 3.19. The van der Waals surface area contributed by atoms with Crippen LogP contribution in [0.3, 0.4) is 0 Å². The number of hydrogen-bond acceptors (Lipinski definition) is 3. The molecule has 0 radical (unpaired) electrons. The lowest BCUT2D eigenvalue weighted by Gasteiger charge is -2.19. The van der Waals surface area contributed by atoms with Gasteiger partial charge in [-0.15, -0.1) is 0 Å². The smallest absolute Gasteiger partial charge is 0.305 e. The van der Waals surface area contributed by atoms with Crippen LogP contribution < -0.4 is 0 Å². The number of hydrogen-bond donors (Lipinski definition) is 0. The molecule has 0 saturated carbocycles. The Balaban J connectivity index is 3.12. The highest BCUT2D eigenvalue weighted by atomic mass is 31.2. The summed E-state index contributed by atoms with van der Waals surface area (Å²) < 4.78 is 35.6. The van der Waals surface area contributed by atoms with Gasteiger partial charge in [-0.3, -0.25) is 4.57 Å². The zero-order valence-electron chi connectivity index (χ0n) is 9.93. The first-order chi connectivity index (χ1) is 8.18. The van der Waals surface area contributed by atoms with Gasteiger partial charge in [0, 0.05) is 0 Å². The monoisotopic (exact) mass is 258 g/mol. The highest BCUT2D eigenvalue weighted by Gasteiger charge is 2.31. The summed E-state index contributed by atoms with van der Waals surface area (Å²) in [6, 6.07) is 8.60. The van der Waals surface area contributed by atoms with Crippen molar-refractivity contribution in [1.82, 2.24) is 0 Å². The predicted molar refractivity (Wildman–Crippen MR) is 66.4 cm³/mol. The van der Waals surface area contributed by atoms with E-state index in [9.17, 15) is 8.96 Å². The summed E-state index contributed by atoms with van der Waals surface area (Å²) in [5.74, 6) is 0. The zero-order chi connectivity index (χ0) is 12.7. The Morgan fingerprint density at radius 1 is 1.24 bits per heavy atom. The van der Waals surface area contributed by atoms with Crippen LogP contribution in [0.5, 0.6) is 0 Å². The molecule has 0 aliphatic heterocycles. The van der Waals surface area contributed by atoms with Gasteiger partial charge < -0.3 is 9.05 Å². The average Bonchev–Trinajstić information content (AvgIpc) is 2.31. The maximum absolute atomic E-state index is 13.0. The molecule has 0 atom stereocenters. The molecule has 0 bridgehead atoms. The zero-order valence-corrected chi connectivity index (χ0v) is 10.8. The van der Waals surface area contributed by atoms with Crippen LogP contribution in [0.1, 0.15) is 19.4 Å². The molecule has 1 rings (SSSR count). The third-order valence-electron chi connectivity index (χ3n) is 2.07. The van der Waals surface area contributed by atoms with Gasteiger partial charge in [-0.05, 0) is 19.4 Å². The van der Waals surface area contributed by atoms with E-state index in [2.05, 4.69) is 0 Å². The Labute approximate surface area is 101 Å². The van der Waals surface area contributed by atoms with Crippen molar-refractivity contribution in [2.24, 2.45) is 0 Å². The Morgan fingerprint density at radius 2 is 1.76 bits per heavy atom. The Bertz CT molecular complexity index is 407. The van der Waals surface area contributed by atoms with E-state index in [-0.39, 0.29) is 18.5 Å². The van der Waals surface area contributed by atoms with E-state index < -0.39 is 7.60 Å². The van der Waals surface area contributed by atoms with Crippen molar-refractivity contribution >= 4 is 12.9 Å². The second kappa shape index (κ2) is 6.70. The van der Waals surface area contributed by atoms with Crippen molar-refractivity contribution in [1.29, 1.82) is 0 Å². The third kappa shape index (κ3) is 3.50. The van der Waals surface area contributed by atoms with Crippen LogP contribution in [0.4, 0.5) is 4.39 Å². The van der Waals surface area contributed by atoms with Crippen molar-refractivity contribution in [2.45, 2.75) is 13.8 Å². The summed E-state index contributed by atoms with van der Waals surface area (Å²) in [6.07, 6.45) is 0.293. The molecule has 94 valence electrons. The fourth-order valence-electron chi connectivity index (χ4n) is 1.41. The Hall–Kier alpha value is -0.960. The van der Waals surface area contributed by atoms with Crippen LogP contribution in [0.2, 0.25) is 0 Å². The maximum atomic E-state index is 13.0. The van der Waals surface area contributed by atoms with Crippen LogP contribution in [0.15, 0.2) is 36.7 Å². The van der Waals surface area contributed by atoms with E-state index in [1.165, 1.54) is 0 Å². The molecule has 1 aromatic rings. The number of benzene rings is 1. The van der Waals surface area contributed by atoms with E-state index in [1.54, 1.807) is 44.2 Å². The molecule has 0 heterocycles. The highest BCUT2D eigenvalue weighted by Crippen LogP contribution is 2.60. The molecule has 0 fully saturated rings. The minimum absolute atomic E-state index is 0.0400. The van der Waals surface area contributed by atoms with Gasteiger partial charge in [0.1, 0.15) is 6.33 Å². The SMILES string of the molecule is CCOP(=O)(OCC)/C(=C\F)c1ccccc1. The molecule has 0 saturated heterocycles. The normalized spacial score (nSPS) is 12.8. The lowest BCUT2D eigenvalue weighted by atomic mass is 10.2. The van der Waals surface area contributed by atoms with Crippen LogP contribution in [-0.2, 0) is 13.6 Å². The van der Waals surface area contributed by atoms with Gasteiger partial charge in [-0.1, -0.05) is 30.3 Å². The molecule has 17 heavy (non-hydrogen) atoms. The van der Waals surface area contributed by atoms with Crippen molar-refractivity contribution < 1.29 is 18.0 Å². The molecule has 0 aliphatic carbocycles. The van der Waals surface area contributed by atoms with E-state index in [0.29, 0.717) is 11.9 Å². The van der Waals surface area contributed by atoms with Crippen molar-refractivity contribution in [2.75, 3.05) is 13.2 Å². The highest BCUT2D eigenvalue weighted by molar-refractivity contribution is 7.65. The largest absolute Gasteiger partial charge is 0.364 e. The molecular formula is C12H16FO3P. The van der Waals surface area contributed by atoms with Gasteiger partial charge in [0.2, 0.25) is 0 Å². The molecule has 0 amide bonds. The first-order valence-electron chi connectivity index (χ1n) is 5.43. The van der Waals surface area contributed by atoms with E-state index in [0.717, 1.165) is 0 Å². The Kier molecular flexibility index (Phi) is 5.56. The van der Waals surface area contributed by atoms with Gasteiger partial charge >= 0.3 is 7.60 Å². The maximum Gasteiger partial charge on any atom is 0.364 e. The number of halogens is 1. The molecule has 0 aromatic heterocycles. The summed E-state index contributed by atoms with van der Waals surface area (Å²) >= 11 is 0. The fourth-order valence-corrected chi connectivity index (χ4v) is 3.02. The average molecular weight is 258 g/mol. The second-order valence-corrected chi connectivity index (χ2v) is 5.19. The molecule has 0 aliphatic rings. The molecule has 3 nitrogen and oxygen atoms in total. The lowest BCUT2D eigenvalue weighted by molar-refractivity contribution is 0.230. The predicted octanol–water partition coefficient (Wildman–Crippen LogP) is 4.22.